The summed E-state index contributed by atoms with van der Waals surface area (Å²) in [5.74, 6) is -0.697. The molecule has 0 heterocycles. The van der Waals surface area contributed by atoms with Gasteiger partial charge >= 0.3 is 0 Å². The number of nitrogens with one attached hydrogen (secondary N) is 1. The van der Waals surface area contributed by atoms with Gasteiger partial charge in [-0.2, -0.15) is 0 Å². The molecule has 0 atom stereocenters. The van der Waals surface area contributed by atoms with Crippen LogP contribution in [0.2, 0.25) is 5.02 Å². The molecule has 2 aromatic rings. The van der Waals surface area contributed by atoms with E-state index in [9.17, 15) is 8.78 Å². The zero-order chi connectivity index (χ0) is 13.1. The van der Waals surface area contributed by atoms with E-state index in [1.807, 2.05) is 0 Å². The average molecular weight is 333 g/mol. The molecule has 18 heavy (non-hydrogen) atoms. The van der Waals surface area contributed by atoms with Crippen LogP contribution in [0.3, 0.4) is 0 Å². The fraction of sp³-hybridized carbons (Fsp3) is 0.0769. The van der Waals surface area contributed by atoms with E-state index in [2.05, 4.69) is 21.2 Å². The topological polar surface area (TPSA) is 12.0 Å². The summed E-state index contributed by atoms with van der Waals surface area (Å²) < 4.78 is 27.0. The van der Waals surface area contributed by atoms with Gasteiger partial charge in [-0.3, -0.25) is 0 Å². The minimum absolute atomic E-state index is 0.318. The van der Waals surface area contributed by atoms with E-state index < -0.39 is 0 Å². The summed E-state index contributed by atoms with van der Waals surface area (Å²) in [5, 5.41) is 3.37. The molecule has 1 nitrogen and oxygen atoms in total. The summed E-state index contributed by atoms with van der Waals surface area (Å²) in [4.78, 5) is 0. The Bertz CT molecular complexity index is 575. The zero-order valence-electron chi connectivity index (χ0n) is 9.18. The molecule has 0 aliphatic heterocycles. The maximum absolute atomic E-state index is 13.4. The molecule has 0 saturated heterocycles. The van der Waals surface area contributed by atoms with E-state index in [-0.39, 0.29) is 11.6 Å². The van der Waals surface area contributed by atoms with E-state index in [0.717, 1.165) is 5.56 Å². The first-order valence-electron chi connectivity index (χ1n) is 5.19. The fourth-order valence-corrected chi connectivity index (χ4v) is 2.15. The Kier molecular flexibility index (Phi) is 4.19. The lowest BCUT2D eigenvalue weighted by Crippen LogP contribution is -2.02. The highest BCUT2D eigenvalue weighted by molar-refractivity contribution is 9.10. The molecule has 0 aromatic heterocycles. The second kappa shape index (κ2) is 5.67. The van der Waals surface area contributed by atoms with Crippen molar-refractivity contribution >= 4 is 33.2 Å². The van der Waals surface area contributed by atoms with E-state index in [0.29, 0.717) is 21.7 Å². The third kappa shape index (κ3) is 3.21. The van der Waals surface area contributed by atoms with E-state index in [4.69, 9.17) is 11.6 Å². The molecular weight excluding hydrogens is 324 g/mol. The quantitative estimate of drug-likeness (QED) is 0.834. The first-order valence-corrected chi connectivity index (χ1v) is 6.36. The second-order valence-corrected chi connectivity index (χ2v) is 5.00. The van der Waals surface area contributed by atoms with Crippen LogP contribution in [0.1, 0.15) is 5.56 Å². The monoisotopic (exact) mass is 331 g/mol. The average Bonchev–Trinajstić information content (AvgIpc) is 2.32. The minimum Gasteiger partial charge on any atom is -0.379 e. The number of anilines is 1. The number of rotatable bonds is 3. The number of halogens is 4. The standard InChI is InChI=1S/C13H9BrClF2N/c14-11-6-10(16)3-1-8(11)7-18-13-5-9(15)2-4-12(13)17/h1-6,18H,7H2. The summed E-state index contributed by atoms with van der Waals surface area (Å²) in [7, 11) is 0. The molecule has 0 aliphatic rings. The Morgan fingerprint density at radius 1 is 1.11 bits per heavy atom. The lowest BCUT2D eigenvalue weighted by molar-refractivity contribution is 0.625. The van der Waals surface area contributed by atoms with Crippen molar-refractivity contribution in [3.63, 3.8) is 0 Å². The van der Waals surface area contributed by atoms with Crippen LogP contribution in [0.15, 0.2) is 40.9 Å². The number of hydrogen-bond donors (Lipinski definition) is 1. The third-order valence-electron chi connectivity index (χ3n) is 2.41. The molecule has 0 radical (unpaired) electrons. The Morgan fingerprint density at radius 2 is 1.89 bits per heavy atom. The van der Waals surface area contributed by atoms with Crippen LogP contribution in [0.25, 0.3) is 0 Å². The third-order valence-corrected chi connectivity index (χ3v) is 3.39. The van der Waals surface area contributed by atoms with Gasteiger partial charge in [0.05, 0.1) is 5.69 Å². The van der Waals surface area contributed by atoms with Gasteiger partial charge in [0.15, 0.2) is 0 Å². The van der Waals surface area contributed by atoms with E-state index >= 15 is 0 Å². The summed E-state index contributed by atoms with van der Waals surface area (Å²) in [6.45, 7) is 0.373. The van der Waals surface area contributed by atoms with Crippen LogP contribution < -0.4 is 5.32 Å². The molecule has 0 unspecified atom stereocenters. The molecule has 2 aromatic carbocycles. The first kappa shape index (κ1) is 13.3. The smallest absolute Gasteiger partial charge is 0.146 e. The summed E-state index contributed by atoms with van der Waals surface area (Å²) >= 11 is 9.04. The molecule has 2 rings (SSSR count). The predicted octanol–water partition coefficient (Wildman–Crippen LogP) is 4.99. The van der Waals surface area contributed by atoms with Crippen molar-refractivity contribution in [1.29, 1.82) is 0 Å². The first-order chi connectivity index (χ1) is 8.56. The SMILES string of the molecule is Fc1ccc(CNc2cc(Cl)ccc2F)c(Br)c1. The van der Waals surface area contributed by atoms with Crippen molar-refractivity contribution in [1.82, 2.24) is 0 Å². The molecule has 0 spiro atoms. The summed E-state index contributed by atoms with van der Waals surface area (Å²) in [5.41, 5.74) is 1.15. The molecule has 0 fully saturated rings. The molecule has 1 N–H and O–H groups in total. The molecule has 0 amide bonds. The van der Waals surface area contributed by atoms with E-state index in [1.54, 1.807) is 6.07 Å². The van der Waals surface area contributed by atoms with Gasteiger partial charge in [0.25, 0.3) is 0 Å². The highest BCUT2D eigenvalue weighted by atomic mass is 79.9. The minimum atomic E-state index is -0.377. The number of hydrogen-bond acceptors (Lipinski definition) is 1. The van der Waals surface area contributed by atoms with E-state index in [1.165, 1.54) is 30.3 Å². The van der Waals surface area contributed by atoms with Crippen LogP contribution in [-0.4, -0.2) is 0 Å². The zero-order valence-corrected chi connectivity index (χ0v) is 11.5. The van der Waals surface area contributed by atoms with Gasteiger partial charge in [-0.05, 0) is 35.9 Å². The van der Waals surface area contributed by atoms with Crippen molar-refractivity contribution in [3.8, 4) is 0 Å². The Labute approximate surface area is 117 Å². The van der Waals surface area contributed by atoms with Gasteiger partial charge in [0.2, 0.25) is 0 Å². The second-order valence-electron chi connectivity index (χ2n) is 3.71. The van der Waals surface area contributed by atoms with Crippen LogP contribution >= 0.6 is 27.5 Å². The van der Waals surface area contributed by atoms with Crippen molar-refractivity contribution < 1.29 is 8.78 Å². The van der Waals surface area contributed by atoms with Crippen LogP contribution in [-0.2, 0) is 6.54 Å². The van der Waals surface area contributed by atoms with Gasteiger partial charge in [-0.15, -0.1) is 0 Å². The molecule has 0 bridgehead atoms. The van der Waals surface area contributed by atoms with Crippen molar-refractivity contribution in [2.24, 2.45) is 0 Å². The highest BCUT2D eigenvalue weighted by Gasteiger charge is 2.05. The fourth-order valence-electron chi connectivity index (χ4n) is 1.49. The lowest BCUT2D eigenvalue weighted by atomic mass is 10.2. The number of benzene rings is 2. The van der Waals surface area contributed by atoms with Gasteiger partial charge in [0, 0.05) is 16.0 Å². The largest absolute Gasteiger partial charge is 0.379 e. The summed E-state index contributed by atoms with van der Waals surface area (Å²) in [6.07, 6.45) is 0. The molecule has 0 aliphatic carbocycles. The Balaban J connectivity index is 2.13. The summed E-state index contributed by atoms with van der Waals surface area (Å²) in [6, 6.07) is 8.64. The van der Waals surface area contributed by atoms with Gasteiger partial charge < -0.3 is 5.32 Å². The van der Waals surface area contributed by atoms with Gasteiger partial charge in [0.1, 0.15) is 11.6 Å². The van der Waals surface area contributed by atoms with Crippen molar-refractivity contribution in [3.05, 3.63) is 63.1 Å². The Hall–Kier alpha value is -1.13. The van der Waals surface area contributed by atoms with Gasteiger partial charge in [-0.25, -0.2) is 8.78 Å². The predicted molar refractivity (Wildman–Crippen MR) is 72.8 cm³/mol. The van der Waals surface area contributed by atoms with Crippen LogP contribution in [0, 0.1) is 11.6 Å². The maximum Gasteiger partial charge on any atom is 0.146 e. The lowest BCUT2D eigenvalue weighted by Gasteiger charge is -2.09. The highest BCUT2D eigenvalue weighted by Crippen LogP contribution is 2.22. The van der Waals surface area contributed by atoms with Crippen LogP contribution in [0.5, 0.6) is 0 Å². The Morgan fingerprint density at radius 3 is 2.61 bits per heavy atom. The van der Waals surface area contributed by atoms with Crippen LogP contribution in [0.4, 0.5) is 14.5 Å². The van der Waals surface area contributed by atoms with Gasteiger partial charge in [-0.1, -0.05) is 33.6 Å². The molecule has 94 valence electrons. The molecular formula is C13H9BrClF2N. The molecule has 0 saturated carbocycles. The normalized spacial score (nSPS) is 10.4. The van der Waals surface area contributed by atoms with Crippen molar-refractivity contribution in [2.45, 2.75) is 6.54 Å². The van der Waals surface area contributed by atoms with Crippen molar-refractivity contribution in [2.75, 3.05) is 5.32 Å². The molecule has 5 heteroatoms. The maximum atomic E-state index is 13.4.